The number of nitrogens with one attached hydrogen (secondary N) is 1. The number of ether oxygens (including phenoxy) is 1. The molecule has 1 atom stereocenters. The SMILES string of the molecule is Cc1ccc([N+](=O)[O-])c([C@H](C2CCOCC2)N2CCNCC2)c1O. The second-order valence-electron chi connectivity index (χ2n) is 6.60. The molecule has 2 saturated heterocycles. The Bertz CT molecular complexity index is 578. The highest BCUT2D eigenvalue weighted by Gasteiger charge is 2.37. The van der Waals surface area contributed by atoms with Crippen molar-refractivity contribution in [2.24, 2.45) is 5.92 Å². The molecule has 0 bridgehead atoms. The maximum atomic E-state index is 11.6. The van der Waals surface area contributed by atoms with Gasteiger partial charge in [-0.15, -0.1) is 0 Å². The van der Waals surface area contributed by atoms with Gasteiger partial charge < -0.3 is 15.2 Å². The molecule has 1 aromatic carbocycles. The molecular formula is C17H25N3O4. The lowest BCUT2D eigenvalue weighted by Gasteiger charge is -2.41. The fraction of sp³-hybridized carbons (Fsp3) is 0.647. The quantitative estimate of drug-likeness (QED) is 0.646. The number of phenols is 1. The average Bonchev–Trinajstić information content (AvgIpc) is 2.60. The molecule has 2 N–H and O–H groups in total. The highest BCUT2D eigenvalue weighted by molar-refractivity contribution is 5.54. The first-order valence-electron chi connectivity index (χ1n) is 8.59. The predicted molar refractivity (Wildman–Crippen MR) is 90.2 cm³/mol. The molecule has 2 aliphatic heterocycles. The van der Waals surface area contributed by atoms with Crippen molar-refractivity contribution in [3.63, 3.8) is 0 Å². The maximum absolute atomic E-state index is 11.6. The van der Waals surface area contributed by atoms with Crippen molar-refractivity contribution >= 4 is 5.69 Å². The highest BCUT2D eigenvalue weighted by atomic mass is 16.6. The summed E-state index contributed by atoms with van der Waals surface area (Å²) in [5.41, 5.74) is 1.18. The molecule has 132 valence electrons. The minimum atomic E-state index is -0.372. The standard InChI is InChI=1S/C17H25N3O4/c1-12-2-3-14(20(22)23)15(17(12)21)16(13-4-10-24-11-5-13)19-8-6-18-7-9-19/h2-3,13,16,18,21H,4-11H2,1H3/t16-/m0/s1. The van der Waals surface area contributed by atoms with Gasteiger partial charge in [0.05, 0.1) is 10.5 Å². The molecule has 0 radical (unpaired) electrons. The van der Waals surface area contributed by atoms with Crippen LogP contribution >= 0.6 is 0 Å². The van der Waals surface area contributed by atoms with Gasteiger partial charge >= 0.3 is 0 Å². The van der Waals surface area contributed by atoms with Gasteiger partial charge in [0.1, 0.15) is 5.75 Å². The molecule has 0 saturated carbocycles. The molecule has 0 unspecified atom stereocenters. The smallest absolute Gasteiger partial charge is 0.277 e. The van der Waals surface area contributed by atoms with Crippen molar-refractivity contribution in [3.05, 3.63) is 33.4 Å². The predicted octanol–water partition coefficient (Wildman–Crippen LogP) is 1.98. The van der Waals surface area contributed by atoms with Gasteiger partial charge in [0.15, 0.2) is 0 Å². The van der Waals surface area contributed by atoms with E-state index in [0.29, 0.717) is 24.3 Å². The normalized spacial score (nSPS) is 21.5. The summed E-state index contributed by atoms with van der Waals surface area (Å²) in [4.78, 5) is 13.5. The highest BCUT2D eigenvalue weighted by Crippen LogP contribution is 2.44. The van der Waals surface area contributed by atoms with E-state index in [1.165, 1.54) is 6.07 Å². The van der Waals surface area contributed by atoms with Gasteiger partial charge in [0.2, 0.25) is 0 Å². The molecule has 2 aliphatic rings. The first-order chi connectivity index (χ1) is 11.6. The Labute approximate surface area is 141 Å². The fourth-order valence-electron chi connectivity index (χ4n) is 3.87. The van der Waals surface area contributed by atoms with E-state index in [-0.39, 0.29) is 28.3 Å². The Balaban J connectivity index is 2.07. The molecule has 0 aliphatic carbocycles. The second-order valence-corrected chi connectivity index (χ2v) is 6.60. The molecule has 7 heteroatoms. The van der Waals surface area contributed by atoms with Gasteiger partial charge in [-0.1, -0.05) is 0 Å². The topological polar surface area (TPSA) is 87.9 Å². The second kappa shape index (κ2) is 7.46. The monoisotopic (exact) mass is 335 g/mol. The van der Waals surface area contributed by atoms with Crippen LogP contribution in [-0.4, -0.2) is 54.3 Å². The third-order valence-electron chi connectivity index (χ3n) is 5.15. The molecular weight excluding hydrogens is 310 g/mol. The number of hydrogen-bond acceptors (Lipinski definition) is 6. The third kappa shape index (κ3) is 3.38. The lowest BCUT2D eigenvalue weighted by molar-refractivity contribution is -0.386. The fourth-order valence-corrected chi connectivity index (χ4v) is 3.87. The van der Waals surface area contributed by atoms with Crippen LogP contribution < -0.4 is 5.32 Å². The van der Waals surface area contributed by atoms with Gasteiger partial charge in [0, 0.05) is 51.5 Å². The lowest BCUT2D eigenvalue weighted by atomic mass is 9.83. The van der Waals surface area contributed by atoms with E-state index >= 15 is 0 Å². The zero-order valence-corrected chi connectivity index (χ0v) is 14.0. The number of piperazine rings is 1. The van der Waals surface area contributed by atoms with Crippen molar-refractivity contribution < 1.29 is 14.8 Å². The number of rotatable bonds is 4. The number of nitro groups is 1. The number of aromatic hydroxyl groups is 1. The summed E-state index contributed by atoms with van der Waals surface area (Å²) >= 11 is 0. The van der Waals surface area contributed by atoms with E-state index < -0.39 is 0 Å². The van der Waals surface area contributed by atoms with E-state index in [1.54, 1.807) is 13.0 Å². The molecule has 3 rings (SSSR count). The molecule has 1 aromatic rings. The summed E-state index contributed by atoms with van der Waals surface area (Å²) in [5, 5.41) is 25.6. The van der Waals surface area contributed by atoms with Gasteiger partial charge in [-0.2, -0.15) is 0 Å². The van der Waals surface area contributed by atoms with Crippen molar-refractivity contribution in [1.29, 1.82) is 0 Å². The van der Waals surface area contributed by atoms with Crippen LogP contribution in [0.4, 0.5) is 5.69 Å². The summed E-state index contributed by atoms with van der Waals surface area (Å²) in [6, 6.07) is 3.01. The Morgan fingerprint density at radius 2 is 2.00 bits per heavy atom. The maximum Gasteiger partial charge on any atom is 0.277 e. The number of nitrogens with zero attached hydrogens (tertiary/aromatic N) is 2. The molecule has 0 amide bonds. The molecule has 2 fully saturated rings. The molecule has 7 nitrogen and oxygen atoms in total. The van der Waals surface area contributed by atoms with Crippen molar-refractivity contribution in [1.82, 2.24) is 10.2 Å². The van der Waals surface area contributed by atoms with Crippen LogP contribution in [0.1, 0.15) is 30.0 Å². The van der Waals surface area contributed by atoms with Gasteiger partial charge in [-0.05, 0) is 37.3 Å². The van der Waals surface area contributed by atoms with Crippen molar-refractivity contribution in [2.45, 2.75) is 25.8 Å². The molecule has 0 spiro atoms. The minimum Gasteiger partial charge on any atom is -0.507 e. The molecule has 2 heterocycles. The summed E-state index contributed by atoms with van der Waals surface area (Å²) in [6.07, 6.45) is 1.72. The van der Waals surface area contributed by atoms with Crippen LogP contribution in [0.5, 0.6) is 5.75 Å². The van der Waals surface area contributed by atoms with Gasteiger partial charge in [0.25, 0.3) is 5.69 Å². The zero-order chi connectivity index (χ0) is 17.1. The molecule has 24 heavy (non-hydrogen) atoms. The van der Waals surface area contributed by atoms with Crippen LogP contribution in [-0.2, 0) is 4.74 Å². The van der Waals surface area contributed by atoms with Crippen molar-refractivity contribution in [2.75, 3.05) is 39.4 Å². The Morgan fingerprint density at radius 1 is 1.33 bits per heavy atom. The van der Waals surface area contributed by atoms with E-state index in [0.717, 1.165) is 39.0 Å². The van der Waals surface area contributed by atoms with E-state index in [1.807, 2.05) is 0 Å². The van der Waals surface area contributed by atoms with Crippen molar-refractivity contribution in [3.8, 4) is 5.75 Å². The summed E-state index contributed by atoms with van der Waals surface area (Å²) in [5.74, 6) is 0.322. The third-order valence-corrected chi connectivity index (χ3v) is 5.15. The van der Waals surface area contributed by atoms with Crippen LogP contribution in [0.25, 0.3) is 0 Å². The van der Waals surface area contributed by atoms with Crippen LogP contribution in [0.15, 0.2) is 12.1 Å². The van der Waals surface area contributed by atoms with Crippen LogP contribution in [0.2, 0.25) is 0 Å². The lowest BCUT2D eigenvalue weighted by Crippen LogP contribution is -2.47. The summed E-state index contributed by atoms with van der Waals surface area (Å²) in [6.45, 7) is 6.52. The van der Waals surface area contributed by atoms with E-state index in [2.05, 4.69) is 10.2 Å². The molecule has 0 aromatic heterocycles. The first kappa shape index (κ1) is 17.1. The Hall–Kier alpha value is -1.70. The van der Waals surface area contributed by atoms with Gasteiger partial charge in [-0.25, -0.2) is 0 Å². The van der Waals surface area contributed by atoms with Gasteiger partial charge in [-0.3, -0.25) is 15.0 Å². The van der Waals surface area contributed by atoms with Crippen LogP contribution in [0, 0.1) is 23.0 Å². The summed E-state index contributed by atoms with van der Waals surface area (Å²) in [7, 11) is 0. The summed E-state index contributed by atoms with van der Waals surface area (Å²) < 4.78 is 5.48. The minimum absolute atomic E-state index is 0.0214. The number of benzene rings is 1. The zero-order valence-electron chi connectivity index (χ0n) is 14.0. The van der Waals surface area contributed by atoms with Crippen LogP contribution in [0.3, 0.4) is 0 Å². The number of nitro benzene ring substituents is 1. The largest absolute Gasteiger partial charge is 0.507 e. The first-order valence-corrected chi connectivity index (χ1v) is 8.59. The average molecular weight is 335 g/mol. The Morgan fingerprint density at radius 3 is 2.62 bits per heavy atom. The Kier molecular flexibility index (Phi) is 5.33. The number of hydrogen-bond donors (Lipinski definition) is 2. The van der Waals surface area contributed by atoms with E-state index in [9.17, 15) is 15.2 Å². The number of phenolic OH excluding ortho intramolecular Hbond substituents is 1. The number of aryl methyl sites for hydroxylation is 1. The van der Waals surface area contributed by atoms with E-state index in [4.69, 9.17) is 4.74 Å².